The molecule has 0 spiro atoms. The molecule has 0 atom stereocenters. The Hall–Kier alpha value is -1.15. The zero-order valence-corrected chi connectivity index (χ0v) is 13.4. The molecule has 0 bridgehead atoms. The molecule has 2 fully saturated rings. The van der Waals surface area contributed by atoms with Crippen LogP contribution in [0.2, 0.25) is 0 Å². The highest BCUT2D eigenvalue weighted by molar-refractivity contribution is 6.04. The van der Waals surface area contributed by atoms with E-state index in [-0.39, 0.29) is 5.54 Å². The Kier molecular flexibility index (Phi) is 4.17. The number of carbonyl (C=O) groups is 1. The minimum atomic E-state index is -0.266. The largest absolute Gasteiger partial charge is 0.297 e. The summed E-state index contributed by atoms with van der Waals surface area (Å²) in [4.78, 5) is 15.6. The number of carbonyl (C=O) groups excluding carboxylic acids is 1. The molecule has 0 aliphatic heterocycles. The van der Waals surface area contributed by atoms with E-state index in [9.17, 15) is 4.79 Å². The van der Waals surface area contributed by atoms with Crippen LogP contribution in [0.3, 0.4) is 0 Å². The highest BCUT2D eigenvalue weighted by Gasteiger charge is 2.42. The predicted molar refractivity (Wildman–Crippen MR) is 86.9 cm³/mol. The van der Waals surface area contributed by atoms with Crippen molar-refractivity contribution in [2.45, 2.75) is 62.8 Å². The van der Waals surface area contributed by atoms with Crippen LogP contribution >= 0.6 is 0 Å². The summed E-state index contributed by atoms with van der Waals surface area (Å²) in [5, 5.41) is 0. The first-order valence-electron chi connectivity index (χ1n) is 8.46. The third kappa shape index (κ3) is 2.55. The lowest BCUT2D eigenvalue weighted by Gasteiger charge is -2.42. The van der Waals surface area contributed by atoms with Gasteiger partial charge in [-0.3, -0.25) is 9.69 Å². The lowest BCUT2D eigenvalue weighted by atomic mass is 9.71. The normalized spacial score (nSPS) is 22.0. The number of ketones is 1. The van der Waals surface area contributed by atoms with Crippen molar-refractivity contribution >= 4 is 5.78 Å². The summed E-state index contributed by atoms with van der Waals surface area (Å²) < 4.78 is 0. The molecule has 2 saturated carbocycles. The molecule has 0 aromatic heterocycles. The van der Waals surface area contributed by atoms with E-state index in [0.29, 0.717) is 11.7 Å². The van der Waals surface area contributed by atoms with Gasteiger partial charge in [0.2, 0.25) is 0 Å². The zero-order chi connectivity index (χ0) is 14.9. The van der Waals surface area contributed by atoms with Crippen LogP contribution in [0.25, 0.3) is 0 Å². The van der Waals surface area contributed by atoms with Gasteiger partial charge < -0.3 is 0 Å². The molecule has 1 aromatic carbocycles. The third-order valence-electron chi connectivity index (χ3n) is 5.71. The van der Waals surface area contributed by atoms with Crippen LogP contribution in [0, 0.1) is 0 Å². The topological polar surface area (TPSA) is 20.3 Å². The van der Waals surface area contributed by atoms with Gasteiger partial charge in [-0.25, -0.2) is 0 Å². The summed E-state index contributed by atoms with van der Waals surface area (Å²) >= 11 is 0. The van der Waals surface area contributed by atoms with Gasteiger partial charge in [-0.05, 0) is 51.3 Å². The molecule has 114 valence electrons. The van der Waals surface area contributed by atoms with Gasteiger partial charge in [-0.1, -0.05) is 49.9 Å². The highest BCUT2D eigenvalue weighted by atomic mass is 16.1. The molecule has 2 aliphatic carbocycles. The first-order valence-corrected chi connectivity index (χ1v) is 8.46. The second-order valence-corrected chi connectivity index (χ2v) is 7.03. The molecule has 0 saturated heterocycles. The van der Waals surface area contributed by atoms with Gasteiger partial charge >= 0.3 is 0 Å². The first kappa shape index (κ1) is 14.8. The maximum absolute atomic E-state index is 13.4. The number of Topliss-reactive ketones (excluding diaryl/α,β-unsaturated/α-hetero) is 1. The van der Waals surface area contributed by atoms with Crippen molar-refractivity contribution in [2.24, 2.45) is 0 Å². The molecule has 2 aliphatic rings. The van der Waals surface area contributed by atoms with E-state index in [1.54, 1.807) is 0 Å². The van der Waals surface area contributed by atoms with Crippen LogP contribution in [-0.2, 0) is 0 Å². The van der Waals surface area contributed by atoms with Crippen LogP contribution in [0.4, 0.5) is 0 Å². The Morgan fingerprint density at radius 2 is 1.71 bits per heavy atom. The van der Waals surface area contributed by atoms with Gasteiger partial charge in [0.15, 0.2) is 5.78 Å². The summed E-state index contributed by atoms with van der Waals surface area (Å²) in [6.07, 6.45) is 9.46. The SMILES string of the molecule is CN(C)C1(C(=O)c2ccccc2C2CCC2)CCCCC1. The molecule has 2 nitrogen and oxygen atoms in total. The minimum absolute atomic E-state index is 0.266. The summed E-state index contributed by atoms with van der Waals surface area (Å²) in [6, 6.07) is 8.37. The Bertz CT molecular complexity index is 510. The number of rotatable bonds is 4. The van der Waals surface area contributed by atoms with Crippen LogP contribution in [0.15, 0.2) is 24.3 Å². The smallest absolute Gasteiger partial charge is 0.183 e. The number of likely N-dealkylation sites (N-methyl/N-ethyl adjacent to an activating group) is 1. The van der Waals surface area contributed by atoms with Gasteiger partial charge in [0.05, 0.1) is 5.54 Å². The second kappa shape index (κ2) is 5.92. The second-order valence-electron chi connectivity index (χ2n) is 7.03. The summed E-state index contributed by atoms with van der Waals surface area (Å²) in [6.45, 7) is 0. The Balaban J connectivity index is 1.96. The van der Waals surface area contributed by atoms with Crippen molar-refractivity contribution in [3.8, 4) is 0 Å². The van der Waals surface area contributed by atoms with Crippen molar-refractivity contribution in [1.29, 1.82) is 0 Å². The van der Waals surface area contributed by atoms with E-state index >= 15 is 0 Å². The van der Waals surface area contributed by atoms with Crippen LogP contribution in [-0.4, -0.2) is 30.3 Å². The van der Waals surface area contributed by atoms with Crippen molar-refractivity contribution in [3.05, 3.63) is 35.4 Å². The van der Waals surface area contributed by atoms with E-state index in [1.165, 1.54) is 44.1 Å². The Morgan fingerprint density at radius 1 is 1.05 bits per heavy atom. The third-order valence-corrected chi connectivity index (χ3v) is 5.71. The average molecular weight is 285 g/mol. The molecular weight excluding hydrogens is 258 g/mol. The molecule has 21 heavy (non-hydrogen) atoms. The van der Waals surface area contributed by atoms with Crippen molar-refractivity contribution in [1.82, 2.24) is 4.90 Å². The number of hydrogen-bond acceptors (Lipinski definition) is 2. The van der Waals surface area contributed by atoms with E-state index in [4.69, 9.17) is 0 Å². The zero-order valence-electron chi connectivity index (χ0n) is 13.4. The monoisotopic (exact) mass is 285 g/mol. The van der Waals surface area contributed by atoms with E-state index < -0.39 is 0 Å². The van der Waals surface area contributed by atoms with Crippen molar-refractivity contribution < 1.29 is 4.79 Å². The van der Waals surface area contributed by atoms with Crippen LogP contribution in [0.5, 0.6) is 0 Å². The molecule has 1 aromatic rings. The van der Waals surface area contributed by atoms with Gasteiger partial charge in [0.25, 0.3) is 0 Å². The van der Waals surface area contributed by atoms with Gasteiger partial charge in [-0.2, -0.15) is 0 Å². The van der Waals surface area contributed by atoms with Gasteiger partial charge in [0, 0.05) is 5.56 Å². The van der Waals surface area contributed by atoms with Gasteiger partial charge in [-0.15, -0.1) is 0 Å². The minimum Gasteiger partial charge on any atom is -0.297 e. The number of benzene rings is 1. The molecule has 0 unspecified atom stereocenters. The summed E-state index contributed by atoms with van der Waals surface area (Å²) in [5.74, 6) is 0.989. The molecular formula is C19H27NO. The molecule has 0 radical (unpaired) electrons. The highest BCUT2D eigenvalue weighted by Crippen LogP contribution is 2.41. The maximum atomic E-state index is 13.4. The fourth-order valence-electron chi connectivity index (χ4n) is 4.04. The molecule has 3 rings (SSSR count). The average Bonchev–Trinajstić information content (AvgIpc) is 2.46. The molecule has 2 heteroatoms. The number of nitrogens with zero attached hydrogens (tertiary/aromatic N) is 1. The fourth-order valence-corrected chi connectivity index (χ4v) is 4.04. The maximum Gasteiger partial charge on any atom is 0.183 e. The molecule has 0 heterocycles. The lowest BCUT2D eigenvalue weighted by Crippen LogP contribution is -2.52. The van der Waals surface area contributed by atoms with Crippen molar-refractivity contribution in [3.63, 3.8) is 0 Å². The molecule has 0 amide bonds. The van der Waals surface area contributed by atoms with Crippen LogP contribution in [0.1, 0.15) is 73.2 Å². The van der Waals surface area contributed by atoms with Crippen LogP contribution < -0.4 is 0 Å². The summed E-state index contributed by atoms with van der Waals surface area (Å²) in [5.41, 5.74) is 2.04. The summed E-state index contributed by atoms with van der Waals surface area (Å²) in [7, 11) is 4.16. The standard InChI is InChI=1S/C19H27NO/c1-20(2)19(13-6-3-7-14-19)18(21)17-12-5-4-11-16(17)15-9-8-10-15/h4-5,11-12,15H,3,6-10,13-14H2,1-2H3. The Morgan fingerprint density at radius 3 is 2.29 bits per heavy atom. The lowest BCUT2D eigenvalue weighted by molar-refractivity contribution is 0.0562. The quantitative estimate of drug-likeness (QED) is 0.764. The fraction of sp³-hybridized carbons (Fsp3) is 0.632. The van der Waals surface area contributed by atoms with Crippen molar-refractivity contribution in [2.75, 3.05) is 14.1 Å². The van der Waals surface area contributed by atoms with E-state index in [0.717, 1.165) is 18.4 Å². The molecule has 0 N–H and O–H groups in total. The number of hydrogen-bond donors (Lipinski definition) is 0. The van der Waals surface area contributed by atoms with E-state index in [2.05, 4.69) is 37.2 Å². The first-order chi connectivity index (χ1) is 10.1. The Labute approximate surface area is 128 Å². The van der Waals surface area contributed by atoms with Gasteiger partial charge in [0.1, 0.15) is 0 Å². The van der Waals surface area contributed by atoms with E-state index in [1.807, 2.05) is 6.07 Å². The predicted octanol–water partition coefficient (Wildman–Crippen LogP) is 4.40.